The van der Waals surface area contributed by atoms with Gasteiger partial charge in [-0.3, -0.25) is 9.69 Å². The monoisotopic (exact) mass is 398 g/mol. The second kappa shape index (κ2) is 10.0. The number of rotatable bonds is 6. The van der Waals surface area contributed by atoms with Crippen LogP contribution in [0, 0.1) is 17.2 Å². The Kier molecular flexibility index (Phi) is 7.43. The lowest BCUT2D eigenvalue weighted by Crippen LogP contribution is -2.51. The van der Waals surface area contributed by atoms with Crippen LogP contribution in [0.5, 0.6) is 0 Å². The molecule has 29 heavy (non-hydrogen) atoms. The van der Waals surface area contributed by atoms with Crippen molar-refractivity contribution in [2.24, 2.45) is 5.92 Å². The van der Waals surface area contributed by atoms with E-state index in [1.165, 1.54) is 12.8 Å². The minimum Gasteiger partial charge on any atom is -0.352 e. The zero-order chi connectivity index (χ0) is 20.8. The molecule has 0 aromatic carbocycles. The number of aryl methyl sites for hydroxylation is 1. The maximum absolute atomic E-state index is 12.4. The predicted molar refractivity (Wildman–Crippen MR) is 114 cm³/mol. The van der Waals surface area contributed by atoms with Crippen LogP contribution in [0.2, 0.25) is 0 Å². The summed E-state index contributed by atoms with van der Waals surface area (Å²) in [4.78, 5) is 16.8. The molecule has 1 aliphatic carbocycles. The second-order valence-corrected chi connectivity index (χ2v) is 8.43. The van der Waals surface area contributed by atoms with Crippen LogP contribution in [-0.4, -0.2) is 59.8 Å². The first kappa shape index (κ1) is 21.5. The molecule has 1 N–H and O–H groups in total. The summed E-state index contributed by atoms with van der Waals surface area (Å²) in [5.41, 5.74) is 2.60. The molecule has 1 amide bonds. The first-order valence-electron chi connectivity index (χ1n) is 11.1. The highest BCUT2D eigenvalue weighted by molar-refractivity contribution is 5.78. The molecule has 2 heterocycles. The van der Waals surface area contributed by atoms with Crippen molar-refractivity contribution in [1.82, 2.24) is 20.4 Å². The van der Waals surface area contributed by atoms with Crippen molar-refractivity contribution in [3.05, 3.63) is 16.8 Å². The highest BCUT2D eigenvalue weighted by Crippen LogP contribution is 2.25. The van der Waals surface area contributed by atoms with Gasteiger partial charge in [0.25, 0.3) is 0 Å². The van der Waals surface area contributed by atoms with Crippen LogP contribution in [-0.2, 0) is 17.6 Å². The lowest BCUT2D eigenvalue weighted by Gasteiger charge is -2.36. The van der Waals surface area contributed by atoms with Crippen LogP contribution in [0.4, 0.5) is 5.82 Å². The number of hydrogen-bond donors (Lipinski definition) is 1. The molecule has 1 saturated carbocycles. The Hall–Kier alpha value is -2.20. The van der Waals surface area contributed by atoms with E-state index < -0.39 is 0 Å². The van der Waals surface area contributed by atoms with Crippen LogP contribution >= 0.6 is 0 Å². The van der Waals surface area contributed by atoms with Gasteiger partial charge in [0, 0.05) is 32.2 Å². The lowest BCUT2D eigenvalue weighted by atomic mass is 9.87. The maximum atomic E-state index is 12.4. The zero-order valence-electron chi connectivity index (χ0n) is 18.1. The fourth-order valence-electron chi connectivity index (χ4n) is 4.50. The Bertz CT molecular complexity index is 742. The van der Waals surface area contributed by atoms with Gasteiger partial charge in [-0.1, -0.05) is 20.8 Å². The molecule has 0 atom stereocenters. The molecular weight excluding hydrogens is 364 g/mol. The number of nitrogens with zero attached hydrogens (tertiary/aromatic N) is 5. The smallest absolute Gasteiger partial charge is 0.234 e. The normalized spacial score (nSPS) is 22.9. The SMILES string of the molecule is CCc1nnc(N2CCN(CC(=O)NC3CCC(C)CC3)CC2)c(C#N)c1CC. The number of nitriles is 1. The Morgan fingerprint density at radius 3 is 2.38 bits per heavy atom. The Labute approximate surface area is 174 Å². The fraction of sp³-hybridized carbons (Fsp3) is 0.727. The fourth-order valence-corrected chi connectivity index (χ4v) is 4.50. The van der Waals surface area contributed by atoms with Gasteiger partial charge in [0.05, 0.1) is 12.2 Å². The van der Waals surface area contributed by atoms with E-state index in [1.807, 2.05) is 6.92 Å². The summed E-state index contributed by atoms with van der Waals surface area (Å²) < 4.78 is 0. The molecular formula is C22H34N6O. The van der Waals surface area contributed by atoms with Crippen molar-refractivity contribution in [2.75, 3.05) is 37.6 Å². The summed E-state index contributed by atoms with van der Waals surface area (Å²) in [5.74, 6) is 1.62. The molecule has 0 unspecified atom stereocenters. The molecule has 2 fully saturated rings. The van der Waals surface area contributed by atoms with E-state index in [0.29, 0.717) is 24.0 Å². The minimum absolute atomic E-state index is 0.135. The minimum atomic E-state index is 0.135. The highest BCUT2D eigenvalue weighted by Gasteiger charge is 2.25. The van der Waals surface area contributed by atoms with E-state index in [9.17, 15) is 10.1 Å². The van der Waals surface area contributed by atoms with Crippen molar-refractivity contribution in [3.63, 3.8) is 0 Å². The molecule has 1 aromatic rings. The van der Waals surface area contributed by atoms with E-state index in [0.717, 1.165) is 69.0 Å². The third-order valence-electron chi connectivity index (χ3n) is 6.36. The number of amides is 1. The van der Waals surface area contributed by atoms with E-state index in [1.54, 1.807) is 0 Å². The molecule has 158 valence electrons. The number of carbonyl (C=O) groups is 1. The van der Waals surface area contributed by atoms with Gasteiger partial charge in [-0.05, 0) is 50.0 Å². The predicted octanol–water partition coefficient (Wildman–Crippen LogP) is 2.29. The van der Waals surface area contributed by atoms with Gasteiger partial charge in [0.2, 0.25) is 5.91 Å². The summed E-state index contributed by atoms with van der Waals surface area (Å²) in [6.07, 6.45) is 6.20. The van der Waals surface area contributed by atoms with Gasteiger partial charge < -0.3 is 10.2 Å². The third-order valence-corrected chi connectivity index (χ3v) is 6.36. The number of hydrogen-bond acceptors (Lipinski definition) is 6. The molecule has 0 spiro atoms. The van der Waals surface area contributed by atoms with Crippen molar-refractivity contribution < 1.29 is 4.79 Å². The van der Waals surface area contributed by atoms with Gasteiger partial charge >= 0.3 is 0 Å². The number of anilines is 1. The van der Waals surface area contributed by atoms with E-state index in [4.69, 9.17) is 0 Å². The van der Waals surface area contributed by atoms with E-state index in [2.05, 4.69) is 45.2 Å². The number of nitrogens with one attached hydrogen (secondary N) is 1. The first-order chi connectivity index (χ1) is 14.0. The van der Waals surface area contributed by atoms with Crippen LogP contribution < -0.4 is 10.2 Å². The highest BCUT2D eigenvalue weighted by atomic mass is 16.2. The topological polar surface area (TPSA) is 85.2 Å². The maximum Gasteiger partial charge on any atom is 0.234 e. The molecule has 0 radical (unpaired) electrons. The quantitative estimate of drug-likeness (QED) is 0.791. The largest absolute Gasteiger partial charge is 0.352 e. The molecule has 7 nitrogen and oxygen atoms in total. The first-order valence-corrected chi connectivity index (χ1v) is 11.1. The van der Waals surface area contributed by atoms with Crippen LogP contribution in [0.15, 0.2) is 0 Å². The van der Waals surface area contributed by atoms with Crippen molar-refractivity contribution in [1.29, 1.82) is 5.26 Å². The number of carbonyl (C=O) groups excluding carboxylic acids is 1. The average Bonchev–Trinajstić information content (AvgIpc) is 2.74. The Morgan fingerprint density at radius 1 is 1.10 bits per heavy atom. The summed E-state index contributed by atoms with van der Waals surface area (Å²) in [6.45, 7) is 9.94. The molecule has 0 bridgehead atoms. The van der Waals surface area contributed by atoms with Crippen LogP contribution in [0.1, 0.15) is 63.3 Å². The van der Waals surface area contributed by atoms with E-state index >= 15 is 0 Å². The van der Waals surface area contributed by atoms with Crippen LogP contribution in [0.25, 0.3) is 0 Å². The van der Waals surface area contributed by atoms with Crippen molar-refractivity contribution >= 4 is 11.7 Å². The zero-order valence-corrected chi connectivity index (χ0v) is 18.1. The molecule has 3 rings (SSSR count). The molecule has 1 saturated heterocycles. The van der Waals surface area contributed by atoms with Gasteiger partial charge in [0.1, 0.15) is 11.6 Å². The Balaban J connectivity index is 1.54. The van der Waals surface area contributed by atoms with Gasteiger partial charge in [0.15, 0.2) is 5.82 Å². The molecule has 7 heteroatoms. The summed E-state index contributed by atoms with van der Waals surface area (Å²) in [7, 11) is 0. The van der Waals surface area contributed by atoms with Gasteiger partial charge in [-0.25, -0.2) is 0 Å². The summed E-state index contributed by atoms with van der Waals surface area (Å²) in [6, 6.07) is 2.70. The Morgan fingerprint density at radius 2 is 1.79 bits per heavy atom. The van der Waals surface area contributed by atoms with Gasteiger partial charge in [-0.2, -0.15) is 10.4 Å². The third kappa shape index (κ3) is 5.24. The lowest BCUT2D eigenvalue weighted by molar-refractivity contribution is -0.123. The van der Waals surface area contributed by atoms with Gasteiger partial charge in [-0.15, -0.1) is 5.10 Å². The summed E-state index contributed by atoms with van der Waals surface area (Å²) in [5, 5.41) is 21.7. The summed E-state index contributed by atoms with van der Waals surface area (Å²) >= 11 is 0. The molecule has 2 aliphatic rings. The average molecular weight is 399 g/mol. The van der Waals surface area contributed by atoms with E-state index in [-0.39, 0.29) is 5.91 Å². The standard InChI is InChI=1S/C22H34N6O/c1-4-18-19(14-23)22(26-25-20(18)5-2)28-12-10-27(11-13-28)15-21(29)24-17-8-6-16(3)7-9-17/h16-17H,4-13,15H2,1-3H3,(H,24,29). The van der Waals surface area contributed by atoms with Crippen LogP contribution in [0.3, 0.4) is 0 Å². The number of aromatic nitrogens is 2. The molecule has 1 aliphatic heterocycles. The molecule has 1 aromatic heterocycles. The van der Waals surface area contributed by atoms with Crippen molar-refractivity contribution in [2.45, 2.75) is 65.3 Å². The van der Waals surface area contributed by atoms with Crippen molar-refractivity contribution in [3.8, 4) is 6.07 Å². The second-order valence-electron chi connectivity index (χ2n) is 8.43. The number of piperazine rings is 1.